The third-order valence-corrected chi connectivity index (χ3v) is 3.70. The van der Waals surface area contributed by atoms with Crippen molar-refractivity contribution < 1.29 is 4.79 Å². The van der Waals surface area contributed by atoms with Crippen molar-refractivity contribution in [1.29, 1.82) is 0 Å². The maximum absolute atomic E-state index is 12.2. The highest BCUT2D eigenvalue weighted by atomic mass is 79.9. The SMILES string of the molecule is CCCNc1cc(C(=O)Nc2cc(C)c(Br)cn2)ccn1. The van der Waals surface area contributed by atoms with E-state index in [1.54, 1.807) is 24.5 Å². The van der Waals surface area contributed by atoms with Crippen LogP contribution in [0.5, 0.6) is 0 Å². The number of pyridine rings is 2. The average molecular weight is 349 g/mol. The number of hydrogen-bond acceptors (Lipinski definition) is 4. The van der Waals surface area contributed by atoms with E-state index in [1.165, 1.54) is 0 Å². The number of amides is 1. The number of anilines is 2. The molecule has 0 radical (unpaired) electrons. The van der Waals surface area contributed by atoms with Gasteiger partial charge in [-0.1, -0.05) is 6.92 Å². The summed E-state index contributed by atoms with van der Waals surface area (Å²) in [6, 6.07) is 5.23. The van der Waals surface area contributed by atoms with E-state index in [2.05, 4.69) is 43.5 Å². The minimum Gasteiger partial charge on any atom is -0.370 e. The van der Waals surface area contributed by atoms with Gasteiger partial charge in [0.1, 0.15) is 11.6 Å². The van der Waals surface area contributed by atoms with Gasteiger partial charge in [0.05, 0.1) is 0 Å². The molecule has 5 nitrogen and oxygen atoms in total. The van der Waals surface area contributed by atoms with E-state index in [1.807, 2.05) is 13.0 Å². The first-order chi connectivity index (χ1) is 10.1. The zero-order valence-corrected chi connectivity index (χ0v) is 13.6. The number of rotatable bonds is 5. The lowest BCUT2D eigenvalue weighted by molar-refractivity contribution is 0.102. The van der Waals surface area contributed by atoms with Gasteiger partial charge >= 0.3 is 0 Å². The van der Waals surface area contributed by atoms with Crippen molar-refractivity contribution in [1.82, 2.24) is 9.97 Å². The Balaban J connectivity index is 2.10. The van der Waals surface area contributed by atoms with E-state index in [9.17, 15) is 4.79 Å². The number of hydrogen-bond donors (Lipinski definition) is 2. The summed E-state index contributed by atoms with van der Waals surface area (Å²) in [6.45, 7) is 4.84. The van der Waals surface area contributed by atoms with E-state index >= 15 is 0 Å². The summed E-state index contributed by atoms with van der Waals surface area (Å²) in [5.74, 6) is 1.02. The third-order valence-electron chi connectivity index (χ3n) is 2.87. The lowest BCUT2D eigenvalue weighted by Crippen LogP contribution is -2.14. The van der Waals surface area contributed by atoms with Crippen LogP contribution in [0.15, 0.2) is 35.1 Å². The van der Waals surface area contributed by atoms with Crippen LogP contribution < -0.4 is 10.6 Å². The molecule has 2 aromatic heterocycles. The predicted octanol–water partition coefficient (Wildman–Crippen LogP) is 3.62. The van der Waals surface area contributed by atoms with Crippen LogP contribution in [-0.2, 0) is 0 Å². The number of nitrogens with one attached hydrogen (secondary N) is 2. The van der Waals surface area contributed by atoms with Crippen LogP contribution in [0.1, 0.15) is 29.3 Å². The lowest BCUT2D eigenvalue weighted by Gasteiger charge is -2.08. The van der Waals surface area contributed by atoms with Crippen LogP contribution in [0.2, 0.25) is 0 Å². The van der Waals surface area contributed by atoms with E-state index in [-0.39, 0.29) is 5.91 Å². The summed E-state index contributed by atoms with van der Waals surface area (Å²) >= 11 is 3.38. The van der Waals surface area contributed by atoms with E-state index in [0.717, 1.165) is 23.0 Å². The summed E-state index contributed by atoms with van der Waals surface area (Å²) in [6.07, 6.45) is 4.29. The van der Waals surface area contributed by atoms with Crippen LogP contribution in [0.3, 0.4) is 0 Å². The molecule has 0 aliphatic heterocycles. The van der Waals surface area contributed by atoms with Gasteiger partial charge in [-0.05, 0) is 53.0 Å². The second kappa shape index (κ2) is 7.17. The topological polar surface area (TPSA) is 66.9 Å². The molecule has 0 unspecified atom stereocenters. The van der Waals surface area contributed by atoms with Crippen molar-refractivity contribution in [3.63, 3.8) is 0 Å². The Labute approximate surface area is 132 Å². The zero-order chi connectivity index (χ0) is 15.2. The molecule has 0 bridgehead atoms. The number of halogens is 1. The molecule has 110 valence electrons. The summed E-state index contributed by atoms with van der Waals surface area (Å²) in [5.41, 5.74) is 1.56. The van der Waals surface area contributed by atoms with Gasteiger partial charge in [0.2, 0.25) is 0 Å². The molecular formula is C15H17BrN4O. The maximum Gasteiger partial charge on any atom is 0.257 e. The largest absolute Gasteiger partial charge is 0.370 e. The van der Waals surface area contributed by atoms with E-state index in [4.69, 9.17) is 0 Å². The second-order valence-corrected chi connectivity index (χ2v) is 5.48. The zero-order valence-electron chi connectivity index (χ0n) is 12.0. The number of carbonyl (C=O) groups is 1. The molecule has 0 aliphatic rings. The fourth-order valence-electron chi connectivity index (χ4n) is 1.72. The first-order valence-electron chi connectivity index (χ1n) is 6.73. The van der Waals surface area contributed by atoms with Gasteiger partial charge in [0.15, 0.2) is 0 Å². The smallest absolute Gasteiger partial charge is 0.257 e. The highest BCUT2D eigenvalue weighted by Gasteiger charge is 2.09. The highest BCUT2D eigenvalue weighted by molar-refractivity contribution is 9.10. The van der Waals surface area contributed by atoms with Crippen molar-refractivity contribution in [3.05, 3.63) is 46.2 Å². The first-order valence-corrected chi connectivity index (χ1v) is 7.53. The molecular weight excluding hydrogens is 332 g/mol. The van der Waals surface area contributed by atoms with Crippen molar-refractivity contribution in [3.8, 4) is 0 Å². The normalized spacial score (nSPS) is 10.2. The Hall–Kier alpha value is -1.95. The molecule has 2 heterocycles. The monoisotopic (exact) mass is 348 g/mol. The Bertz CT molecular complexity index is 645. The van der Waals surface area contributed by atoms with Crippen LogP contribution in [0, 0.1) is 6.92 Å². The van der Waals surface area contributed by atoms with Gasteiger partial charge in [0, 0.05) is 29.0 Å². The van der Waals surface area contributed by atoms with Gasteiger partial charge in [-0.2, -0.15) is 0 Å². The standard InChI is InChI=1S/C15H17BrN4O/c1-3-5-17-13-8-11(4-6-18-13)15(21)20-14-7-10(2)12(16)9-19-14/h4,6-9H,3,5H2,1-2H3,(H,17,18)(H,19,20,21). The number of carbonyl (C=O) groups excluding carboxylic acids is 1. The van der Waals surface area contributed by atoms with Crippen molar-refractivity contribution in [2.75, 3.05) is 17.2 Å². The molecule has 0 spiro atoms. The fourth-order valence-corrected chi connectivity index (χ4v) is 1.93. The summed E-state index contributed by atoms with van der Waals surface area (Å²) in [7, 11) is 0. The van der Waals surface area contributed by atoms with Crippen molar-refractivity contribution in [2.24, 2.45) is 0 Å². The van der Waals surface area contributed by atoms with Crippen LogP contribution in [0.25, 0.3) is 0 Å². The fraction of sp³-hybridized carbons (Fsp3) is 0.267. The van der Waals surface area contributed by atoms with Gasteiger partial charge < -0.3 is 10.6 Å². The molecule has 2 N–H and O–H groups in total. The Morgan fingerprint density at radius 1 is 1.29 bits per heavy atom. The van der Waals surface area contributed by atoms with Crippen molar-refractivity contribution >= 4 is 33.5 Å². The quantitative estimate of drug-likeness (QED) is 0.865. The van der Waals surface area contributed by atoms with E-state index < -0.39 is 0 Å². The second-order valence-electron chi connectivity index (χ2n) is 4.63. The number of aromatic nitrogens is 2. The Kier molecular flexibility index (Phi) is 5.27. The first kappa shape index (κ1) is 15.4. The minimum absolute atomic E-state index is 0.203. The Morgan fingerprint density at radius 3 is 2.81 bits per heavy atom. The maximum atomic E-state index is 12.2. The predicted molar refractivity (Wildman–Crippen MR) is 87.6 cm³/mol. The molecule has 0 aliphatic carbocycles. The number of nitrogens with zero attached hydrogens (tertiary/aromatic N) is 2. The molecule has 21 heavy (non-hydrogen) atoms. The van der Waals surface area contributed by atoms with Crippen LogP contribution in [0.4, 0.5) is 11.6 Å². The summed E-state index contributed by atoms with van der Waals surface area (Å²) in [5, 5.41) is 5.94. The lowest BCUT2D eigenvalue weighted by atomic mass is 10.2. The van der Waals surface area contributed by atoms with Crippen molar-refractivity contribution in [2.45, 2.75) is 20.3 Å². The molecule has 0 atom stereocenters. The highest BCUT2D eigenvalue weighted by Crippen LogP contribution is 2.18. The number of aryl methyl sites for hydroxylation is 1. The molecule has 0 saturated heterocycles. The summed E-state index contributed by atoms with van der Waals surface area (Å²) < 4.78 is 0.912. The molecule has 6 heteroatoms. The third kappa shape index (κ3) is 4.26. The van der Waals surface area contributed by atoms with E-state index in [0.29, 0.717) is 17.2 Å². The molecule has 2 rings (SSSR count). The average Bonchev–Trinajstić information content (AvgIpc) is 2.49. The van der Waals surface area contributed by atoms with Gasteiger partial charge in [-0.25, -0.2) is 9.97 Å². The Morgan fingerprint density at radius 2 is 2.10 bits per heavy atom. The molecule has 0 aromatic carbocycles. The van der Waals surface area contributed by atoms with Crippen LogP contribution in [-0.4, -0.2) is 22.4 Å². The molecule has 2 aromatic rings. The van der Waals surface area contributed by atoms with Crippen LogP contribution >= 0.6 is 15.9 Å². The molecule has 0 fully saturated rings. The molecule has 1 amide bonds. The summed E-state index contributed by atoms with van der Waals surface area (Å²) in [4.78, 5) is 20.6. The van der Waals surface area contributed by atoms with Gasteiger partial charge in [-0.3, -0.25) is 4.79 Å². The molecule has 0 saturated carbocycles. The van der Waals surface area contributed by atoms with Gasteiger partial charge in [0.25, 0.3) is 5.91 Å². The van der Waals surface area contributed by atoms with Gasteiger partial charge in [-0.15, -0.1) is 0 Å². The minimum atomic E-state index is -0.203.